The van der Waals surface area contributed by atoms with Gasteiger partial charge in [0.15, 0.2) is 5.96 Å². The molecule has 2 atom stereocenters. The zero-order valence-electron chi connectivity index (χ0n) is 17.5. The van der Waals surface area contributed by atoms with Crippen LogP contribution in [0.3, 0.4) is 0 Å². The molecule has 2 unspecified atom stereocenters. The monoisotopic (exact) mass is 420 g/mol. The van der Waals surface area contributed by atoms with Crippen molar-refractivity contribution in [2.45, 2.75) is 50.7 Å². The molecule has 1 heterocycles. The standard InChI is InChI=1S/C22H33ClN4O2/c1-24-22(25-14-20(29-2)17-9-6-10-18(23)13-17)26-19-11-12-27(15-19)21(28)16-7-4-3-5-8-16/h6,9-10,13,16,19-20H,3-5,7-8,11-12,14-15H2,1-2H3,(H2,24,25,26). The van der Waals surface area contributed by atoms with Crippen molar-refractivity contribution in [2.24, 2.45) is 10.9 Å². The third-order valence-electron chi connectivity index (χ3n) is 5.98. The number of benzene rings is 1. The molecule has 1 aliphatic heterocycles. The van der Waals surface area contributed by atoms with E-state index in [4.69, 9.17) is 16.3 Å². The Labute approximate surface area is 179 Å². The summed E-state index contributed by atoms with van der Waals surface area (Å²) >= 11 is 6.10. The molecule has 0 radical (unpaired) electrons. The normalized spacial score (nSPS) is 21.8. The Morgan fingerprint density at radius 2 is 2.10 bits per heavy atom. The van der Waals surface area contributed by atoms with Crippen LogP contribution in [0.2, 0.25) is 5.02 Å². The Balaban J connectivity index is 1.48. The van der Waals surface area contributed by atoms with Gasteiger partial charge in [-0.15, -0.1) is 0 Å². The number of hydrogen-bond acceptors (Lipinski definition) is 3. The van der Waals surface area contributed by atoms with Crippen LogP contribution < -0.4 is 10.6 Å². The summed E-state index contributed by atoms with van der Waals surface area (Å²) in [5.74, 6) is 1.31. The summed E-state index contributed by atoms with van der Waals surface area (Å²) in [5.41, 5.74) is 1.02. The van der Waals surface area contributed by atoms with Gasteiger partial charge < -0.3 is 20.3 Å². The van der Waals surface area contributed by atoms with Crippen molar-refractivity contribution in [3.63, 3.8) is 0 Å². The van der Waals surface area contributed by atoms with E-state index >= 15 is 0 Å². The van der Waals surface area contributed by atoms with Crippen LogP contribution in [0, 0.1) is 5.92 Å². The lowest BCUT2D eigenvalue weighted by molar-refractivity contribution is -0.135. The molecule has 2 aliphatic rings. The van der Waals surface area contributed by atoms with Gasteiger partial charge in [0.05, 0.1) is 6.10 Å². The number of amides is 1. The van der Waals surface area contributed by atoms with Crippen LogP contribution in [0.5, 0.6) is 0 Å². The van der Waals surface area contributed by atoms with Crippen LogP contribution in [0.4, 0.5) is 0 Å². The Morgan fingerprint density at radius 1 is 1.31 bits per heavy atom. The number of ether oxygens (including phenoxy) is 1. The van der Waals surface area contributed by atoms with E-state index in [1.165, 1.54) is 19.3 Å². The van der Waals surface area contributed by atoms with E-state index in [1.54, 1.807) is 14.2 Å². The van der Waals surface area contributed by atoms with E-state index in [-0.39, 0.29) is 18.1 Å². The second-order valence-corrected chi connectivity index (χ2v) is 8.42. The number of nitrogens with zero attached hydrogens (tertiary/aromatic N) is 2. The van der Waals surface area contributed by atoms with Gasteiger partial charge in [-0.05, 0) is 37.0 Å². The van der Waals surface area contributed by atoms with E-state index in [0.29, 0.717) is 17.5 Å². The molecule has 1 saturated heterocycles. The fourth-order valence-corrected chi connectivity index (χ4v) is 4.51. The Bertz CT molecular complexity index is 706. The summed E-state index contributed by atoms with van der Waals surface area (Å²) in [7, 11) is 3.45. The molecule has 2 fully saturated rings. The number of halogens is 1. The molecule has 0 spiro atoms. The van der Waals surface area contributed by atoms with Gasteiger partial charge in [0.1, 0.15) is 0 Å². The van der Waals surface area contributed by atoms with Gasteiger partial charge in [0.25, 0.3) is 0 Å². The quantitative estimate of drug-likeness (QED) is 0.547. The highest BCUT2D eigenvalue weighted by atomic mass is 35.5. The Hall–Kier alpha value is -1.79. The molecule has 160 valence electrons. The maximum absolute atomic E-state index is 12.8. The second kappa shape index (κ2) is 10.8. The van der Waals surface area contributed by atoms with Crippen molar-refractivity contribution in [1.82, 2.24) is 15.5 Å². The minimum absolute atomic E-state index is 0.125. The lowest BCUT2D eigenvalue weighted by atomic mass is 9.88. The molecule has 0 bridgehead atoms. The largest absolute Gasteiger partial charge is 0.375 e. The average Bonchev–Trinajstić information content (AvgIpc) is 3.22. The fourth-order valence-electron chi connectivity index (χ4n) is 4.31. The van der Waals surface area contributed by atoms with Gasteiger partial charge in [0, 0.05) is 50.8 Å². The molecule has 6 nitrogen and oxygen atoms in total. The average molecular weight is 421 g/mol. The van der Waals surface area contributed by atoms with Gasteiger partial charge in [-0.1, -0.05) is 43.0 Å². The van der Waals surface area contributed by atoms with Crippen molar-refractivity contribution in [3.05, 3.63) is 34.9 Å². The zero-order chi connectivity index (χ0) is 20.6. The molecule has 1 aliphatic carbocycles. The second-order valence-electron chi connectivity index (χ2n) is 7.98. The first-order valence-electron chi connectivity index (χ1n) is 10.6. The number of guanidine groups is 1. The molecule has 1 saturated carbocycles. The van der Waals surface area contributed by atoms with E-state index in [0.717, 1.165) is 43.9 Å². The SMILES string of the molecule is CN=C(NCC(OC)c1cccc(Cl)c1)NC1CCN(C(=O)C2CCCCC2)C1. The van der Waals surface area contributed by atoms with E-state index < -0.39 is 0 Å². The molecular formula is C22H33ClN4O2. The first kappa shape index (κ1) is 21.9. The number of methoxy groups -OCH3 is 1. The lowest BCUT2D eigenvalue weighted by Crippen LogP contribution is -2.46. The van der Waals surface area contributed by atoms with E-state index in [2.05, 4.69) is 15.6 Å². The highest BCUT2D eigenvalue weighted by molar-refractivity contribution is 6.30. The molecule has 7 heteroatoms. The third-order valence-corrected chi connectivity index (χ3v) is 6.21. The maximum Gasteiger partial charge on any atom is 0.225 e. The minimum Gasteiger partial charge on any atom is -0.375 e. The zero-order valence-corrected chi connectivity index (χ0v) is 18.3. The van der Waals surface area contributed by atoms with Gasteiger partial charge in [-0.2, -0.15) is 0 Å². The minimum atomic E-state index is -0.125. The number of aliphatic imine (C=N–C) groups is 1. The van der Waals surface area contributed by atoms with Crippen molar-refractivity contribution >= 4 is 23.5 Å². The lowest BCUT2D eigenvalue weighted by Gasteiger charge is -2.26. The number of nitrogens with one attached hydrogen (secondary N) is 2. The molecule has 2 N–H and O–H groups in total. The van der Waals surface area contributed by atoms with Gasteiger partial charge in [0.2, 0.25) is 5.91 Å². The van der Waals surface area contributed by atoms with Crippen LogP contribution in [-0.4, -0.2) is 56.6 Å². The fraction of sp³-hybridized carbons (Fsp3) is 0.636. The van der Waals surface area contributed by atoms with Gasteiger partial charge >= 0.3 is 0 Å². The number of carbonyl (C=O) groups excluding carboxylic acids is 1. The van der Waals surface area contributed by atoms with Crippen LogP contribution in [0.1, 0.15) is 50.2 Å². The summed E-state index contributed by atoms with van der Waals surface area (Å²) in [6.07, 6.45) is 6.58. The number of hydrogen-bond donors (Lipinski definition) is 2. The smallest absolute Gasteiger partial charge is 0.225 e. The predicted octanol–water partition coefficient (Wildman–Crippen LogP) is 3.37. The molecule has 1 aromatic rings. The highest BCUT2D eigenvalue weighted by Gasteiger charge is 2.31. The molecule has 1 amide bonds. The summed E-state index contributed by atoms with van der Waals surface area (Å²) in [4.78, 5) is 19.1. The summed E-state index contributed by atoms with van der Waals surface area (Å²) < 4.78 is 5.62. The molecule has 29 heavy (non-hydrogen) atoms. The summed E-state index contributed by atoms with van der Waals surface area (Å²) in [6.45, 7) is 2.15. The summed E-state index contributed by atoms with van der Waals surface area (Å²) in [6, 6.07) is 7.92. The van der Waals surface area contributed by atoms with Crippen LogP contribution in [0.25, 0.3) is 0 Å². The molecular weight excluding hydrogens is 388 g/mol. The number of carbonyl (C=O) groups is 1. The van der Waals surface area contributed by atoms with Crippen molar-refractivity contribution < 1.29 is 9.53 Å². The van der Waals surface area contributed by atoms with Crippen molar-refractivity contribution in [2.75, 3.05) is 33.8 Å². The highest BCUT2D eigenvalue weighted by Crippen LogP contribution is 2.27. The first-order chi connectivity index (χ1) is 14.1. The van der Waals surface area contributed by atoms with Crippen molar-refractivity contribution in [1.29, 1.82) is 0 Å². The van der Waals surface area contributed by atoms with E-state index in [1.807, 2.05) is 29.2 Å². The molecule has 1 aromatic carbocycles. The molecule has 3 rings (SSSR count). The summed E-state index contributed by atoms with van der Waals surface area (Å²) in [5, 5.41) is 7.49. The first-order valence-corrected chi connectivity index (χ1v) is 11.0. The van der Waals surface area contributed by atoms with Gasteiger partial charge in [-0.25, -0.2) is 0 Å². The van der Waals surface area contributed by atoms with Crippen LogP contribution in [-0.2, 0) is 9.53 Å². The predicted molar refractivity (Wildman–Crippen MR) is 117 cm³/mol. The van der Waals surface area contributed by atoms with Crippen molar-refractivity contribution in [3.8, 4) is 0 Å². The van der Waals surface area contributed by atoms with Crippen LogP contribution >= 0.6 is 11.6 Å². The maximum atomic E-state index is 12.8. The topological polar surface area (TPSA) is 66.0 Å². The Kier molecular flexibility index (Phi) is 8.19. The number of likely N-dealkylation sites (tertiary alicyclic amines) is 1. The van der Waals surface area contributed by atoms with E-state index in [9.17, 15) is 4.79 Å². The van der Waals surface area contributed by atoms with Gasteiger partial charge in [-0.3, -0.25) is 9.79 Å². The molecule has 0 aromatic heterocycles. The van der Waals surface area contributed by atoms with Crippen LogP contribution in [0.15, 0.2) is 29.3 Å². The third kappa shape index (κ3) is 6.09. The Morgan fingerprint density at radius 3 is 2.79 bits per heavy atom. The number of rotatable bonds is 6.